The number of carbonyl (C=O) groups is 2. The first-order valence-electron chi connectivity index (χ1n) is 5.95. The van der Waals surface area contributed by atoms with Crippen molar-refractivity contribution in [3.05, 3.63) is 34.4 Å². The van der Waals surface area contributed by atoms with Crippen LogP contribution in [0, 0.1) is 10.1 Å². The molecule has 0 saturated carbocycles. The maximum absolute atomic E-state index is 11.5. The molecule has 9 heteroatoms. The number of para-hydroxylation sites is 2. The normalized spacial score (nSPS) is 11.5. The Morgan fingerprint density at radius 3 is 2.62 bits per heavy atom. The Morgan fingerprint density at radius 2 is 2.05 bits per heavy atom. The van der Waals surface area contributed by atoms with E-state index in [0.717, 1.165) is 0 Å². The maximum atomic E-state index is 11.5. The van der Waals surface area contributed by atoms with Crippen molar-refractivity contribution in [3.63, 3.8) is 0 Å². The minimum atomic E-state index is -1.29. The van der Waals surface area contributed by atoms with E-state index in [1.807, 2.05) is 0 Å². The molecule has 3 N–H and O–H groups in total. The number of aliphatic hydroxyl groups excluding tert-OH is 1. The molecule has 0 aliphatic heterocycles. The van der Waals surface area contributed by atoms with Crippen LogP contribution in [0.4, 0.5) is 5.69 Å². The molecule has 9 nitrogen and oxygen atoms in total. The summed E-state index contributed by atoms with van der Waals surface area (Å²) in [4.78, 5) is 32.4. The molecule has 0 aromatic heterocycles. The molecule has 0 aliphatic rings. The van der Waals surface area contributed by atoms with Gasteiger partial charge in [0.25, 0.3) is 5.91 Å². The highest BCUT2D eigenvalue weighted by Gasteiger charge is 2.20. The van der Waals surface area contributed by atoms with Gasteiger partial charge in [0.1, 0.15) is 6.04 Å². The average molecular weight is 298 g/mol. The van der Waals surface area contributed by atoms with Crippen LogP contribution in [0.5, 0.6) is 5.75 Å². The van der Waals surface area contributed by atoms with E-state index in [2.05, 4.69) is 5.32 Å². The number of nitro benzene ring substituents is 1. The van der Waals surface area contributed by atoms with Crippen molar-refractivity contribution >= 4 is 17.6 Å². The quantitative estimate of drug-likeness (QED) is 0.450. The Kier molecular flexibility index (Phi) is 6.08. The summed E-state index contributed by atoms with van der Waals surface area (Å²) in [5.74, 6) is -2.14. The highest BCUT2D eigenvalue weighted by Crippen LogP contribution is 2.25. The maximum Gasteiger partial charge on any atom is 0.326 e. The molecule has 1 rings (SSSR count). The molecule has 1 aromatic carbocycles. The number of nitrogens with one attached hydrogen (secondary N) is 1. The third-order valence-electron chi connectivity index (χ3n) is 2.47. The van der Waals surface area contributed by atoms with Crippen molar-refractivity contribution < 1.29 is 29.5 Å². The molecule has 21 heavy (non-hydrogen) atoms. The van der Waals surface area contributed by atoms with Crippen molar-refractivity contribution in [3.8, 4) is 5.75 Å². The molecule has 0 radical (unpaired) electrons. The van der Waals surface area contributed by atoms with Crippen LogP contribution in [0.3, 0.4) is 0 Å². The molecule has 0 aliphatic carbocycles. The SMILES string of the molecule is O=C(COc1ccccc1[N+](=O)[O-])NC(CCO)C(=O)O. The number of carboxylic acid groups (broad SMARTS) is 1. The third-order valence-corrected chi connectivity index (χ3v) is 2.47. The van der Waals surface area contributed by atoms with Gasteiger partial charge in [-0.15, -0.1) is 0 Å². The molecule has 0 bridgehead atoms. The molecule has 0 fully saturated rings. The van der Waals surface area contributed by atoms with Gasteiger partial charge < -0.3 is 20.3 Å². The monoisotopic (exact) mass is 298 g/mol. The Morgan fingerprint density at radius 1 is 1.38 bits per heavy atom. The Bertz CT molecular complexity index is 532. The van der Waals surface area contributed by atoms with E-state index >= 15 is 0 Å². The fraction of sp³-hybridized carbons (Fsp3) is 0.333. The molecule has 1 amide bonds. The van der Waals surface area contributed by atoms with E-state index in [9.17, 15) is 19.7 Å². The largest absolute Gasteiger partial charge is 0.480 e. The van der Waals surface area contributed by atoms with Gasteiger partial charge >= 0.3 is 11.7 Å². The molecular formula is C12H14N2O7. The predicted molar refractivity (Wildman–Crippen MR) is 69.9 cm³/mol. The van der Waals surface area contributed by atoms with Crippen LogP contribution in [0.25, 0.3) is 0 Å². The second kappa shape index (κ2) is 7.80. The van der Waals surface area contributed by atoms with Gasteiger partial charge in [0.05, 0.1) is 4.92 Å². The van der Waals surface area contributed by atoms with Crippen molar-refractivity contribution in [2.75, 3.05) is 13.2 Å². The number of ether oxygens (including phenoxy) is 1. The number of carboxylic acids is 1. The van der Waals surface area contributed by atoms with Crippen LogP contribution in [-0.4, -0.2) is 46.3 Å². The highest BCUT2D eigenvalue weighted by molar-refractivity contribution is 5.84. The van der Waals surface area contributed by atoms with E-state index < -0.39 is 36.1 Å². The zero-order valence-electron chi connectivity index (χ0n) is 10.9. The van der Waals surface area contributed by atoms with Gasteiger partial charge in [-0.2, -0.15) is 0 Å². The van der Waals surface area contributed by atoms with Crippen LogP contribution in [-0.2, 0) is 9.59 Å². The van der Waals surface area contributed by atoms with E-state index in [1.54, 1.807) is 0 Å². The lowest BCUT2D eigenvalue weighted by Crippen LogP contribution is -2.43. The van der Waals surface area contributed by atoms with Crippen molar-refractivity contribution in [2.45, 2.75) is 12.5 Å². The summed E-state index contributed by atoms with van der Waals surface area (Å²) in [6.07, 6.45) is -0.146. The third kappa shape index (κ3) is 5.07. The van der Waals surface area contributed by atoms with Gasteiger partial charge in [0.15, 0.2) is 12.4 Å². The fourth-order valence-electron chi connectivity index (χ4n) is 1.50. The van der Waals surface area contributed by atoms with E-state index in [0.29, 0.717) is 0 Å². The van der Waals surface area contributed by atoms with E-state index in [-0.39, 0.29) is 17.9 Å². The minimum absolute atomic E-state index is 0.0910. The first-order valence-corrected chi connectivity index (χ1v) is 5.95. The number of hydrogen-bond acceptors (Lipinski definition) is 6. The zero-order chi connectivity index (χ0) is 15.8. The second-order valence-electron chi connectivity index (χ2n) is 3.98. The number of carbonyl (C=O) groups excluding carboxylic acids is 1. The highest BCUT2D eigenvalue weighted by atomic mass is 16.6. The molecule has 0 heterocycles. The molecule has 0 spiro atoms. The molecule has 1 atom stereocenters. The van der Waals surface area contributed by atoms with Gasteiger partial charge in [0, 0.05) is 19.1 Å². The van der Waals surface area contributed by atoms with Crippen LogP contribution in [0.2, 0.25) is 0 Å². The smallest absolute Gasteiger partial charge is 0.326 e. The van der Waals surface area contributed by atoms with Crippen molar-refractivity contribution in [2.24, 2.45) is 0 Å². The van der Waals surface area contributed by atoms with Crippen LogP contribution in [0.1, 0.15) is 6.42 Å². The zero-order valence-corrected chi connectivity index (χ0v) is 10.9. The Labute approximate surface area is 119 Å². The first kappa shape index (κ1) is 16.4. The van der Waals surface area contributed by atoms with Crippen LogP contribution >= 0.6 is 0 Å². The van der Waals surface area contributed by atoms with Gasteiger partial charge in [-0.05, 0) is 6.07 Å². The van der Waals surface area contributed by atoms with Gasteiger partial charge in [-0.3, -0.25) is 14.9 Å². The topological polar surface area (TPSA) is 139 Å². The van der Waals surface area contributed by atoms with Crippen LogP contribution < -0.4 is 10.1 Å². The summed E-state index contributed by atoms with van der Waals surface area (Å²) in [7, 11) is 0. The number of nitro groups is 1. The fourth-order valence-corrected chi connectivity index (χ4v) is 1.50. The van der Waals surface area contributed by atoms with E-state index in [1.165, 1.54) is 24.3 Å². The number of rotatable bonds is 8. The number of aliphatic hydroxyl groups is 1. The lowest BCUT2D eigenvalue weighted by molar-refractivity contribution is -0.385. The van der Waals surface area contributed by atoms with Crippen molar-refractivity contribution in [1.82, 2.24) is 5.32 Å². The Hall–Kier alpha value is -2.68. The molecule has 0 saturated heterocycles. The van der Waals surface area contributed by atoms with Crippen LogP contribution in [0.15, 0.2) is 24.3 Å². The summed E-state index contributed by atoms with van der Waals surface area (Å²) >= 11 is 0. The standard InChI is InChI=1S/C12H14N2O7/c15-6-5-8(12(17)18)13-11(16)7-21-10-4-2-1-3-9(10)14(19)20/h1-4,8,15H,5-7H2,(H,13,16)(H,17,18). The lowest BCUT2D eigenvalue weighted by atomic mass is 10.2. The minimum Gasteiger partial charge on any atom is -0.480 e. The lowest BCUT2D eigenvalue weighted by Gasteiger charge is -2.13. The summed E-state index contributed by atoms with van der Waals surface area (Å²) in [6.45, 7) is -0.970. The van der Waals surface area contributed by atoms with E-state index in [4.69, 9.17) is 14.9 Å². The average Bonchev–Trinajstić information content (AvgIpc) is 2.44. The molecule has 1 unspecified atom stereocenters. The Balaban J connectivity index is 2.61. The summed E-state index contributed by atoms with van der Waals surface area (Å²) in [6, 6.07) is 4.27. The molecule has 114 valence electrons. The summed E-state index contributed by atoms with van der Waals surface area (Å²) in [5, 5.41) is 30.4. The number of aliphatic carboxylic acids is 1. The summed E-state index contributed by atoms with van der Waals surface area (Å²) < 4.78 is 5.01. The molecule has 1 aromatic rings. The van der Waals surface area contributed by atoms with Crippen molar-refractivity contribution in [1.29, 1.82) is 0 Å². The first-order chi connectivity index (χ1) is 9.95. The van der Waals surface area contributed by atoms with Gasteiger partial charge in [-0.1, -0.05) is 12.1 Å². The number of nitrogens with zero attached hydrogens (tertiary/aromatic N) is 1. The molecular weight excluding hydrogens is 284 g/mol. The number of hydrogen-bond donors (Lipinski definition) is 3. The summed E-state index contributed by atoms with van der Waals surface area (Å²) in [5.41, 5.74) is -0.296. The second-order valence-corrected chi connectivity index (χ2v) is 3.98. The van der Waals surface area contributed by atoms with Gasteiger partial charge in [-0.25, -0.2) is 4.79 Å². The predicted octanol–water partition coefficient (Wildman–Crippen LogP) is -0.0746. The number of benzene rings is 1. The van der Waals surface area contributed by atoms with Gasteiger partial charge in [0.2, 0.25) is 0 Å². The number of amides is 1.